The number of benzene rings is 2. The predicted octanol–water partition coefficient (Wildman–Crippen LogP) is 5.27. The number of amides is 2. The summed E-state index contributed by atoms with van der Waals surface area (Å²) < 4.78 is 14.2. The minimum atomic E-state index is -0.720. The van der Waals surface area contributed by atoms with Crippen LogP contribution in [0.15, 0.2) is 36.4 Å². The van der Waals surface area contributed by atoms with Gasteiger partial charge in [0.15, 0.2) is 0 Å². The number of nitrogens with zero attached hydrogens (tertiary/aromatic N) is 1. The molecule has 0 aromatic heterocycles. The summed E-state index contributed by atoms with van der Waals surface area (Å²) in [5.41, 5.74) is 0.805. The first-order valence-corrected chi connectivity index (χ1v) is 10.4. The van der Waals surface area contributed by atoms with Gasteiger partial charge in [-0.25, -0.2) is 4.39 Å². The standard InChI is InChI=1S/C21H22Cl3FN2O2/c1-3-19(21(29)26-4-2)27(12-13-8-9-16(23)17(24)10-13)20(28)11-14-15(22)6-5-7-18(14)25/h5-10,19H,3-4,11-12H2,1-2H3,(H,26,29). The number of carbonyl (C=O) groups is 2. The number of likely N-dealkylation sites (N-methyl/N-ethyl adjacent to an activating group) is 1. The van der Waals surface area contributed by atoms with Crippen molar-refractivity contribution in [2.24, 2.45) is 0 Å². The lowest BCUT2D eigenvalue weighted by atomic mass is 10.1. The van der Waals surface area contributed by atoms with Crippen molar-refractivity contribution >= 4 is 46.6 Å². The first-order valence-electron chi connectivity index (χ1n) is 9.22. The number of rotatable bonds is 8. The molecule has 8 heteroatoms. The van der Waals surface area contributed by atoms with Gasteiger partial charge in [-0.05, 0) is 43.2 Å². The van der Waals surface area contributed by atoms with Gasteiger partial charge in [-0.1, -0.05) is 53.9 Å². The van der Waals surface area contributed by atoms with Crippen LogP contribution >= 0.6 is 34.8 Å². The molecular weight excluding hydrogens is 438 g/mol. The highest BCUT2D eigenvalue weighted by Crippen LogP contribution is 2.25. The van der Waals surface area contributed by atoms with Crippen molar-refractivity contribution in [2.75, 3.05) is 6.54 Å². The third kappa shape index (κ3) is 6.08. The highest BCUT2D eigenvalue weighted by molar-refractivity contribution is 6.42. The maximum absolute atomic E-state index is 14.2. The maximum Gasteiger partial charge on any atom is 0.242 e. The van der Waals surface area contributed by atoms with Crippen molar-refractivity contribution in [3.05, 3.63) is 68.4 Å². The van der Waals surface area contributed by atoms with Crippen LogP contribution in [0.5, 0.6) is 0 Å². The summed E-state index contributed by atoms with van der Waals surface area (Å²) in [6.07, 6.45) is 0.132. The largest absolute Gasteiger partial charge is 0.355 e. The average Bonchev–Trinajstić information content (AvgIpc) is 2.67. The smallest absolute Gasteiger partial charge is 0.242 e. The number of hydrogen-bond donors (Lipinski definition) is 1. The van der Waals surface area contributed by atoms with Crippen LogP contribution in [0.3, 0.4) is 0 Å². The minimum absolute atomic E-state index is 0.101. The van der Waals surface area contributed by atoms with Crippen molar-refractivity contribution in [2.45, 2.75) is 39.3 Å². The Kier molecular flexibility index (Phi) is 8.75. The Hall–Kier alpha value is -1.82. The molecule has 1 atom stereocenters. The zero-order valence-corrected chi connectivity index (χ0v) is 18.4. The fraction of sp³-hybridized carbons (Fsp3) is 0.333. The van der Waals surface area contributed by atoms with Crippen molar-refractivity contribution in [1.82, 2.24) is 10.2 Å². The third-order valence-corrected chi connectivity index (χ3v) is 5.56. The molecule has 0 aliphatic rings. The van der Waals surface area contributed by atoms with E-state index in [4.69, 9.17) is 34.8 Å². The van der Waals surface area contributed by atoms with E-state index in [9.17, 15) is 14.0 Å². The van der Waals surface area contributed by atoms with E-state index in [0.717, 1.165) is 0 Å². The Morgan fingerprint density at radius 3 is 2.38 bits per heavy atom. The van der Waals surface area contributed by atoms with Gasteiger partial charge < -0.3 is 10.2 Å². The van der Waals surface area contributed by atoms with E-state index in [2.05, 4.69) is 5.32 Å². The van der Waals surface area contributed by atoms with Crippen LogP contribution in [0.4, 0.5) is 4.39 Å². The molecule has 0 saturated carbocycles. The summed E-state index contributed by atoms with van der Waals surface area (Å²) in [6.45, 7) is 4.17. The average molecular weight is 460 g/mol. The van der Waals surface area contributed by atoms with E-state index < -0.39 is 17.8 Å². The molecule has 4 nitrogen and oxygen atoms in total. The summed E-state index contributed by atoms with van der Waals surface area (Å²) in [5, 5.41) is 3.65. The topological polar surface area (TPSA) is 49.4 Å². The van der Waals surface area contributed by atoms with E-state index in [-0.39, 0.29) is 29.5 Å². The molecule has 0 aliphatic heterocycles. The van der Waals surface area contributed by atoms with Gasteiger partial charge in [0.05, 0.1) is 16.5 Å². The molecule has 0 saturated heterocycles. The van der Waals surface area contributed by atoms with E-state index >= 15 is 0 Å². The summed E-state index contributed by atoms with van der Waals surface area (Å²) in [4.78, 5) is 27.1. The zero-order valence-electron chi connectivity index (χ0n) is 16.1. The molecule has 2 aromatic carbocycles. The first kappa shape index (κ1) is 23.5. The molecule has 0 heterocycles. The molecule has 0 bridgehead atoms. The summed E-state index contributed by atoms with van der Waals surface area (Å²) in [5.74, 6) is -1.25. The summed E-state index contributed by atoms with van der Waals surface area (Å²) in [7, 11) is 0. The molecular formula is C21H22Cl3FN2O2. The normalized spacial score (nSPS) is 11.8. The first-order chi connectivity index (χ1) is 13.8. The SMILES string of the molecule is CCNC(=O)C(CC)N(Cc1ccc(Cl)c(Cl)c1)C(=O)Cc1c(F)cccc1Cl. The van der Waals surface area contributed by atoms with Crippen LogP contribution in [0, 0.1) is 5.82 Å². The molecule has 2 aromatic rings. The second-order valence-corrected chi connectivity index (χ2v) is 7.69. The van der Waals surface area contributed by atoms with Gasteiger partial charge >= 0.3 is 0 Å². The number of carbonyl (C=O) groups excluding carboxylic acids is 2. The lowest BCUT2D eigenvalue weighted by Crippen LogP contribution is -2.49. The third-order valence-electron chi connectivity index (χ3n) is 4.46. The van der Waals surface area contributed by atoms with Gasteiger partial charge in [-0.3, -0.25) is 9.59 Å². The van der Waals surface area contributed by atoms with Crippen LogP contribution in [-0.2, 0) is 22.6 Å². The van der Waals surface area contributed by atoms with Gasteiger partial charge in [0, 0.05) is 23.7 Å². The van der Waals surface area contributed by atoms with Crippen LogP contribution in [0.2, 0.25) is 15.1 Å². The van der Waals surface area contributed by atoms with Gasteiger partial charge in [0.2, 0.25) is 11.8 Å². The van der Waals surface area contributed by atoms with Gasteiger partial charge in [-0.15, -0.1) is 0 Å². The maximum atomic E-state index is 14.2. The Morgan fingerprint density at radius 1 is 1.07 bits per heavy atom. The van der Waals surface area contributed by atoms with Gasteiger partial charge in [0.25, 0.3) is 0 Å². The van der Waals surface area contributed by atoms with E-state index in [1.807, 2.05) is 6.92 Å². The second-order valence-electron chi connectivity index (χ2n) is 6.47. The highest BCUT2D eigenvalue weighted by Gasteiger charge is 2.29. The van der Waals surface area contributed by atoms with Crippen LogP contribution in [0.25, 0.3) is 0 Å². The number of halogens is 4. The van der Waals surface area contributed by atoms with Crippen LogP contribution in [-0.4, -0.2) is 29.3 Å². The molecule has 2 amide bonds. The monoisotopic (exact) mass is 458 g/mol. The van der Waals surface area contributed by atoms with Crippen LogP contribution < -0.4 is 5.32 Å². The molecule has 156 valence electrons. The Labute approximate surface area is 184 Å². The molecule has 0 radical (unpaired) electrons. The minimum Gasteiger partial charge on any atom is -0.355 e. The van der Waals surface area contributed by atoms with Crippen molar-refractivity contribution in [3.63, 3.8) is 0 Å². The summed E-state index contributed by atoms with van der Waals surface area (Å²) in [6, 6.07) is 8.53. The Balaban J connectivity index is 2.37. The van der Waals surface area contributed by atoms with Gasteiger partial charge in [0.1, 0.15) is 11.9 Å². The molecule has 2 rings (SSSR count). The van der Waals surface area contributed by atoms with Gasteiger partial charge in [-0.2, -0.15) is 0 Å². The lowest BCUT2D eigenvalue weighted by Gasteiger charge is -2.31. The highest BCUT2D eigenvalue weighted by atomic mass is 35.5. The molecule has 1 unspecified atom stereocenters. The molecule has 29 heavy (non-hydrogen) atoms. The van der Waals surface area contributed by atoms with Crippen molar-refractivity contribution in [1.29, 1.82) is 0 Å². The fourth-order valence-corrected chi connectivity index (χ4v) is 3.55. The molecule has 0 fully saturated rings. The zero-order chi connectivity index (χ0) is 21.6. The Bertz CT molecular complexity index is 872. The van der Waals surface area contributed by atoms with E-state index in [1.54, 1.807) is 25.1 Å². The Morgan fingerprint density at radius 2 is 1.79 bits per heavy atom. The van der Waals surface area contributed by atoms with Crippen molar-refractivity contribution < 1.29 is 14.0 Å². The lowest BCUT2D eigenvalue weighted by molar-refractivity contribution is -0.140. The van der Waals surface area contributed by atoms with E-state index in [0.29, 0.717) is 28.6 Å². The molecule has 0 spiro atoms. The van der Waals surface area contributed by atoms with Crippen LogP contribution in [0.1, 0.15) is 31.4 Å². The van der Waals surface area contributed by atoms with Crippen molar-refractivity contribution in [3.8, 4) is 0 Å². The predicted molar refractivity (Wildman–Crippen MR) is 115 cm³/mol. The number of nitrogens with one attached hydrogen (secondary N) is 1. The van der Waals surface area contributed by atoms with E-state index in [1.165, 1.54) is 23.1 Å². The number of hydrogen-bond acceptors (Lipinski definition) is 2. The molecule has 1 N–H and O–H groups in total. The summed E-state index contributed by atoms with van der Waals surface area (Å²) >= 11 is 18.1. The quantitative estimate of drug-likeness (QED) is 0.584. The molecule has 0 aliphatic carbocycles. The fourth-order valence-electron chi connectivity index (χ4n) is 3.00. The second kappa shape index (κ2) is 10.8.